The van der Waals surface area contributed by atoms with Crippen molar-refractivity contribution in [1.82, 2.24) is 15.3 Å². The maximum absolute atomic E-state index is 12.3. The molecular weight excluding hydrogens is 397 g/mol. The fraction of sp³-hybridized carbons (Fsp3) is 0.286. The molecule has 0 aliphatic heterocycles. The van der Waals surface area contributed by atoms with Crippen LogP contribution in [0, 0.1) is 6.92 Å². The lowest BCUT2D eigenvalue weighted by Crippen LogP contribution is -2.24. The van der Waals surface area contributed by atoms with E-state index in [0.717, 1.165) is 11.1 Å². The Labute approximate surface area is 175 Å². The Hall–Kier alpha value is -2.37. The molecule has 150 valence electrons. The van der Waals surface area contributed by atoms with Gasteiger partial charge in [0.25, 0.3) is 5.91 Å². The number of aryl methyl sites for hydroxylation is 1. The molecule has 0 atom stereocenters. The highest BCUT2D eigenvalue weighted by Gasteiger charge is 2.16. The lowest BCUT2D eigenvalue weighted by Gasteiger charge is -2.09. The Morgan fingerprint density at radius 2 is 1.61 bits per heavy atom. The Morgan fingerprint density at radius 3 is 2.21 bits per heavy atom. The minimum Gasteiger partial charge on any atom is -0.504 e. The van der Waals surface area contributed by atoms with Crippen LogP contribution in [-0.2, 0) is 6.54 Å². The van der Waals surface area contributed by atoms with E-state index in [2.05, 4.69) is 15.3 Å². The highest BCUT2D eigenvalue weighted by Crippen LogP contribution is 2.25. The number of carbonyl (C=O) groups excluding carboxylic acids is 1. The average molecular weight is 422 g/mol. The Bertz CT molecular complexity index is 926. The van der Waals surface area contributed by atoms with Gasteiger partial charge in [-0.05, 0) is 42.3 Å². The molecule has 2 aromatic heterocycles. The van der Waals surface area contributed by atoms with Crippen LogP contribution in [0.4, 0.5) is 0 Å². The molecule has 5 nitrogen and oxygen atoms in total. The van der Waals surface area contributed by atoms with Gasteiger partial charge in [0.1, 0.15) is 5.52 Å². The molecule has 2 N–H and O–H groups in total. The molecule has 0 saturated carbocycles. The molecule has 0 saturated heterocycles. The minimum absolute atomic E-state index is 0.0769. The van der Waals surface area contributed by atoms with Crippen LogP contribution in [0.2, 0.25) is 10.0 Å². The van der Waals surface area contributed by atoms with Crippen LogP contribution in [0.5, 0.6) is 5.75 Å². The number of nitrogens with one attached hydrogen (secondary N) is 1. The first-order valence-electron chi connectivity index (χ1n) is 9.11. The average Bonchev–Trinajstić information content (AvgIpc) is 2.69. The second-order valence-corrected chi connectivity index (χ2v) is 6.24. The SMILES string of the molecule is CC.CC.Cc1cnc2c(O)c(C(=O)NCc3cc(Cl)cc(Cl)c3)ncc2c1. The molecule has 28 heavy (non-hydrogen) atoms. The second-order valence-electron chi connectivity index (χ2n) is 5.37. The number of halogens is 2. The van der Waals surface area contributed by atoms with E-state index in [9.17, 15) is 9.90 Å². The van der Waals surface area contributed by atoms with E-state index >= 15 is 0 Å². The van der Waals surface area contributed by atoms with Crippen molar-refractivity contribution in [2.75, 3.05) is 0 Å². The second kappa shape index (κ2) is 11.5. The Kier molecular flexibility index (Phi) is 9.69. The third kappa shape index (κ3) is 6.08. The summed E-state index contributed by atoms with van der Waals surface area (Å²) in [6.07, 6.45) is 3.14. The van der Waals surface area contributed by atoms with E-state index in [1.807, 2.05) is 40.7 Å². The van der Waals surface area contributed by atoms with Gasteiger partial charge in [0, 0.05) is 34.4 Å². The van der Waals surface area contributed by atoms with Crippen LogP contribution in [-0.4, -0.2) is 21.0 Å². The lowest BCUT2D eigenvalue weighted by atomic mass is 10.1. The maximum Gasteiger partial charge on any atom is 0.274 e. The van der Waals surface area contributed by atoms with Gasteiger partial charge in [-0.2, -0.15) is 0 Å². The molecule has 3 rings (SSSR count). The monoisotopic (exact) mass is 421 g/mol. The standard InChI is InChI=1S/C17H13Cl2N3O2.2C2H6/c1-9-2-11-8-21-15(16(23)14(11)20-6-9)17(24)22-7-10-3-12(18)5-13(19)4-10;2*1-2/h2-6,8,23H,7H2,1H3,(H,22,24);2*1-2H3. The summed E-state index contributed by atoms with van der Waals surface area (Å²) in [6.45, 7) is 10.1. The van der Waals surface area contributed by atoms with Crippen molar-refractivity contribution >= 4 is 40.0 Å². The maximum atomic E-state index is 12.3. The van der Waals surface area contributed by atoms with E-state index in [1.54, 1.807) is 24.4 Å². The van der Waals surface area contributed by atoms with Crippen molar-refractivity contribution in [3.8, 4) is 5.75 Å². The molecular formula is C21H25Cl2N3O2. The van der Waals surface area contributed by atoms with Gasteiger partial charge in [0.05, 0.1) is 0 Å². The van der Waals surface area contributed by atoms with Crippen LogP contribution in [0.3, 0.4) is 0 Å². The van der Waals surface area contributed by atoms with Gasteiger partial charge in [0.15, 0.2) is 11.4 Å². The van der Waals surface area contributed by atoms with Crippen molar-refractivity contribution in [2.45, 2.75) is 41.2 Å². The molecule has 0 aliphatic rings. The predicted molar refractivity (Wildman–Crippen MR) is 116 cm³/mol. The Morgan fingerprint density at radius 1 is 1.00 bits per heavy atom. The number of fused-ring (bicyclic) bond motifs is 1. The summed E-state index contributed by atoms with van der Waals surface area (Å²) in [5, 5.41) is 14.6. The third-order valence-corrected chi connectivity index (χ3v) is 3.86. The van der Waals surface area contributed by atoms with Gasteiger partial charge in [-0.25, -0.2) is 4.98 Å². The highest BCUT2D eigenvalue weighted by molar-refractivity contribution is 6.34. The number of aromatic nitrogens is 2. The Balaban J connectivity index is 0.000000921. The zero-order valence-electron chi connectivity index (χ0n) is 16.7. The number of pyridine rings is 2. The topological polar surface area (TPSA) is 75.1 Å². The number of hydrogen-bond acceptors (Lipinski definition) is 4. The summed E-state index contributed by atoms with van der Waals surface area (Å²) < 4.78 is 0. The summed E-state index contributed by atoms with van der Waals surface area (Å²) >= 11 is 11.9. The molecule has 0 radical (unpaired) electrons. The summed E-state index contributed by atoms with van der Waals surface area (Å²) in [5.41, 5.74) is 1.95. The number of aromatic hydroxyl groups is 1. The number of amides is 1. The van der Waals surface area contributed by atoms with Crippen molar-refractivity contribution in [3.63, 3.8) is 0 Å². The van der Waals surface area contributed by atoms with Crippen LogP contribution < -0.4 is 5.32 Å². The molecule has 0 unspecified atom stereocenters. The van der Waals surface area contributed by atoms with E-state index < -0.39 is 5.91 Å². The quantitative estimate of drug-likeness (QED) is 0.548. The first-order valence-corrected chi connectivity index (χ1v) is 9.87. The minimum atomic E-state index is -0.507. The summed E-state index contributed by atoms with van der Waals surface area (Å²) in [4.78, 5) is 20.5. The van der Waals surface area contributed by atoms with Gasteiger partial charge >= 0.3 is 0 Å². The van der Waals surface area contributed by atoms with Gasteiger partial charge in [-0.3, -0.25) is 9.78 Å². The number of nitrogens with zero attached hydrogens (tertiary/aromatic N) is 2. The van der Waals surface area contributed by atoms with E-state index in [4.69, 9.17) is 23.2 Å². The first kappa shape index (κ1) is 23.7. The number of carbonyl (C=O) groups is 1. The third-order valence-electron chi connectivity index (χ3n) is 3.43. The summed E-state index contributed by atoms with van der Waals surface area (Å²) in [6, 6.07) is 6.85. The molecule has 3 aromatic rings. The largest absolute Gasteiger partial charge is 0.504 e. The first-order chi connectivity index (χ1) is 13.4. The normalized spacial score (nSPS) is 9.68. The number of hydrogen-bond donors (Lipinski definition) is 2. The molecule has 0 spiro atoms. The molecule has 1 aromatic carbocycles. The van der Waals surface area contributed by atoms with E-state index in [0.29, 0.717) is 20.9 Å². The number of rotatable bonds is 3. The predicted octanol–water partition coefficient (Wildman–Crippen LogP) is 5.93. The van der Waals surface area contributed by atoms with Crippen LogP contribution in [0.25, 0.3) is 10.9 Å². The van der Waals surface area contributed by atoms with Crippen LogP contribution in [0.1, 0.15) is 49.3 Å². The molecule has 0 bridgehead atoms. The van der Waals surface area contributed by atoms with Crippen molar-refractivity contribution in [2.24, 2.45) is 0 Å². The van der Waals surface area contributed by atoms with Crippen LogP contribution in [0.15, 0.2) is 36.7 Å². The van der Waals surface area contributed by atoms with Gasteiger partial charge in [0.2, 0.25) is 0 Å². The highest BCUT2D eigenvalue weighted by atomic mass is 35.5. The van der Waals surface area contributed by atoms with Crippen LogP contribution >= 0.6 is 23.2 Å². The smallest absolute Gasteiger partial charge is 0.274 e. The van der Waals surface area contributed by atoms with Crippen molar-refractivity contribution in [3.05, 3.63) is 63.5 Å². The van der Waals surface area contributed by atoms with Gasteiger partial charge in [-0.15, -0.1) is 0 Å². The lowest BCUT2D eigenvalue weighted by molar-refractivity contribution is 0.0943. The summed E-state index contributed by atoms with van der Waals surface area (Å²) in [5.74, 6) is -0.748. The fourth-order valence-corrected chi connectivity index (χ4v) is 2.91. The van der Waals surface area contributed by atoms with Gasteiger partial charge < -0.3 is 10.4 Å². The summed E-state index contributed by atoms with van der Waals surface area (Å²) in [7, 11) is 0. The zero-order valence-corrected chi connectivity index (χ0v) is 18.2. The molecule has 2 heterocycles. The van der Waals surface area contributed by atoms with E-state index in [-0.39, 0.29) is 18.0 Å². The molecule has 0 fully saturated rings. The molecule has 1 amide bonds. The van der Waals surface area contributed by atoms with Crippen molar-refractivity contribution < 1.29 is 9.90 Å². The molecule has 7 heteroatoms. The van der Waals surface area contributed by atoms with Gasteiger partial charge in [-0.1, -0.05) is 50.9 Å². The number of benzene rings is 1. The fourth-order valence-electron chi connectivity index (χ4n) is 2.34. The van der Waals surface area contributed by atoms with E-state index in [1.165, 1.54) is 6.20 Å². The zero-order chi connectivity index (χ0) is 21.3. The molecule has 0 aliphatic carbocycles. The van der Waals surface area contributed by atoms with Crippen molar-refractivity contribution in [1.29, 1.82) is 0 Å².